The van der Waals surface area contributed by atoms with Gasteiger partial charge in [-0.1, -0.05) is 22.0 Å². The van der Waals surface area contributed by atoms with Crippen LogP contribution in [-0.2, 0) is 9.59 Å². The molecule has 1 rings (SSSR count). The number of carbonyl (C=O) groups is 2. The molecule has 0 aromatic rings. The van der Waals surface area contributed by atoms with Gasteiger partial charge in [0.15, 0.2) is 0 Å². The van der Waals surface area contributed by atoms with Crippen molar-refractivity contribution < 1.29 is 14.7 Å². The molecule has 0 aromatic carbocycles. The average molecular weight is 276 g/mol. The van der Waals surface area contributed by atoms with Gasteiger partial charge in [0.1, 0.15) is 6.04 Å². The number of aliphatic carboxylic acids is 1. The van der Waals surface area contributed by atoms with E-state index in [0.29, 0.717) is 19.4 Å². The van der Waals surface area contributed by atoms with Crippen molar-refractivity contribution in [2.75, 3.05) is 11.9 Å². The summed E-state index contributed by atoms with van der Waals surface area (Å²) in [5.74, 6) is -0.809. The maximum Gasteiger partial charge on any atom is 0.326 e. The lowest BCUT2D eigenvalue weighted by Gasteiger charge is -2.23. The van der Waals surface area contributed by atoms with E-state index in [-0.39, 0.29) is 11.8 Å². The van der Waals surface area contributed by atoms with E-state index < -0.39 is 12.0 Å². The minimum atomic E-state index is -0.960. The molecule has 2 atom stereocenters. The lowest BCUT2D eigenvalue weighted by atomic mass is 10.1. The summed E-state index contributed by atoms with van der Waals surface area (Å²) in [6.07, 6.45) is 2.27. The minimum absolute atomic E-state index is 0.0753. The molecule has 0 saturated carbocycles. The lowest BCUT2D eigenvalue weighted by molar-refractivity contribution is -0.148. The fourth-order valence-electron chi connectivity index (χ4n) is 1.73. The molecular weight excluding hydrogens is 262 g/mol. The number of rotatable bonds is 5. The average Bonchev–Trinajstić information content (AvgIpc) is 2.55. The Morgan fingerprint density at radius 2 is 2.47 bits per heavy atom. The molecule has 5 heteroatoms. The summed E-state index contributed by atoms with van der Waals surface area (Å²) in [6.45, 7) is 4.03. The highest BCUT2D eigenvalue weighted by molar-refractivity contribution is 9.09. The largest absolute Gasteiger partial charge is 0.480 e. The zero-order valence-corrected chi connectivity index (χ0v) is 9.94. The molecule has 1 heterocycles. The highest BCUT2D eigenvalue weighted by atomic mass is 79.9. The Morgan fingerprint density at radius 3 is 2.87 bits per heavy atom. The summed E-state index contributed by atoms with van der Waals surface area (Å²) in [5, 5.41) is 9.72. The fourth-order valence-corrected chi connectivity index (χ4v) is 2.17. The molecule has 0 radical (unpaired) electrons. The second kappa shape index (κ2) is 5.30. The predicted molar refractivity (Wildman–Crippen MR) is 59.9 cm³/mol. The Hall–Kier alpha value is -0.840. The molecule has 1 aliphatic heterocycles. The first kappa shape index (κ1) is 12.2. The van der Waals surface area contributed by atoms with Crippen molar-refractivity contribution >= 4 is 27.8 Å². The third kappa shape index (κ3) is 2.81. The van der Waals surface area contributed by atoms with Gasteiger partial charge in [0.2, 0.25) is 5.91 Å². The van der Waals surface area contributed by atoms with Gasteiger partial charge in [-0.15, -0.1) is 6.58 Å². The van der Waals surface area contributed by atoms with E-state index in [9.17, 15) is 9.59 Å². The summed E-state index contributed by atoms with van der Waals surface area (Å²) in [6, 6.07) is -0.751. The van der Waals surface area contributed by atoms with Gasteiger partial charge in [-0.3, -0.25) is 4.79 Å². The normalized spacial score (nSPS) is 22.9. The van der Waals surface area contributed by atoms with Gasteiger partial charge in [-0.05, 0) is 12.3 Å². The van der Waals surface area contributed by atoms with Crippen LogP contribution in [0.1, 0.15) is 12.8 Å². The quantitative estimate of drug-likeness (QED) is 0.607. The number of alkyl halides is 1. The van der Waals surface area contributed by atoms with E-state index in [2.05, 4.69) is 22.5 Å². The summed E-state index contributed by atoms with van der Waals surface area (Å²) in [4.78, 5) is 24.0. The van der Waals surface area contributed by atoms with Crippen LogP contribution in [0.3, 0.4) is 0 Å². The number of likely N-dealkylation sites (tertiary alicyclic amines) is 1. The molecule has 1 amide bonds. The molecular formula is C10H14BrNO3. The van der Waals surface area contributed by atoms with Gasteiger partial charge in [-0.2, -0.15) is 0 Å². The third-order valence-electron chi connectivity index (χ3n) is 2.51. The highest BCUT2D eigenvalue weighted by Crippen LogP contribution is 2.23. The molecule has 0 aliphatic carbocycles. The Bertz CT molecular complexity index is 280. The van der Waals surface area contributed by atoms with Crippen LogP contribution in [0.25, 0.3) is 0 Å². The molecule has 15 heavy (non-hydrogen) atoms. The molecule has 1 saturated heterocycles. The number of amides is 1. The molecule has 0 spiro atoms. The summed E-state index contributed by atoms with van der Waals surface area (Å²) >= 11 is 3.31. The third-order valence-corrected chi connectivity index (χ3v) is 3.42. The molecule has 1 aliphatic rings. The van der Waals surface area contributed by atoms with E-state index in [0.717, 1.165) is 5.33 Å². The summed E-state index contributed by atoms with van der Waals surface area (Å²) in [7, 11) is 0. The summed E-state index contributed by atoms with van der Waals surface area (Å²) < 4.78 is 0. The van der Waals surface area contributed by atoms with E-state index in [1.807, 2.05) is 0 Å². The van der Waals surface area contributed by atoms with E-state index in [4.69, 9.17) is 5.11 Å². The van der Waals surface area contributed by atoms with E-state index in [1.165, 1.54) is 11.0 Å². The second-order valence-corrected chi connectivity index (χ2v) is 4.30. The number of carboxylic acids is 1. The number of hydrogen-bond donors (Lipinski definition) is 1. The van der Waals surface area contributed by atoms with Gasteiger partial charge < -0.3 is 10.0 Å². The van der Waals surface area contributed by atoms with E-state index in [1.54, 1.807) is 0 Å². The number of carboxylic acid groups (broad SMARTS) is 1. The summed E-state index contributed by atoms with van der Waals surface area (Å²) in [5.41, 5.74) is 0. The van der Waals surface area contributed by atoms with Crippen molar-refractivity contribution in [1.82, 2.24) is 4.90 Å². The van der Waals surface area contributed by atoms with Crippen molar-refractivity contribution in [1.29, 1.82) is 0 Å². The van der Waals surface area contributed by atoms with Crippen molar-refractivity contribution in [3.63, 3.8) is 0 Å². The van der Waals surface area contributed by atoms with E-state index >= 15 is 0 Å². The second-order valence-electron chi connectivity index (χ2n) is 3.65. The Labute approximate surface area is 97.1 Å². The Kier molecular flexibility index (Phi) is 4.32. The number of hydrogen-bond acceptors (Lipinski definition) is 2. The van der Waals surface area contributed by atoms with Crippen molar-refractivity contribution in [3.8, 4) is 0 Å². The fraction of sp³-hybridized carbons (Fsp3) is 0.600. The highest BCUT2D eigenvalue weighted by Gasteiger charge is 2.36. The Balaban J connectivity index is 2.72. The van der Waals surface area contributed by atoms with Crippen LogP contribution in [0.4, 0.5) is 0 Å². The van der Waals surface area contributed by atoms with Crippen LogP contribution in [0, 0.1) is 5.92 Å². The number of halogens is 1. The first-order chi connectivity index (χ1) is 7.10. The molecule has 0 aromatic heterocycles. The lowest BCUT2D eigenvalue weighted by Crippen LogP contribution is -2.41. The van der Waals surface area contributed by atoms with Crippen molar-refractivity contribution in [2.45, 2.75) is 18.9 Å². The zero-order chi connectivity index (χ0) is 11.4. The van der Waals surface area contributed by atoms with Crippen LogP contribution < -0.4 is 0 Å². The molecule has 1 N–H and O–H groups in total. The van der Waals surface area contributed by atoms with Crippen molar-refractivity contribution in [3.05, 3.63) is 12.7 Å². The zero-order valence-electron chi connectivity index (χ0n) is 8.36. The molecule has 1 fully saturated rings. The standard InChI is InChI=1S/C10H14BrNO3/c1-2-3-8(10(14)15)12-6-7(5-11)4-9(12)13/h2,7-8H,1,3-6H2,(H,14,15)/t7?,8-/m0/s1. The van der Waals surface area contributed by atoms with Gasteiger partial charge in [-0.25, -0.2) is 4.79 Å². The molecule has 4 nitrogen and oxygen atoms in total. The van der Waals surface area contributed by atoms with Gasteiger partial charge in [0, 0.05) is 18.3 Å². The van der Waals surface area contributed by atoms with Crippen molar-refractivity contribution in [2.24, 2.45) is 5.92 Å². The first-order valence-electron chi connectivity index (χ1n) is 4.79. The number of carbonyl (C=O) groups excluding carboxylic acids is 1. The smallest absolute Gasteiger partial charge is 0.326 e. The van der Waals surface area contributed by atoms with Crippen LogP contribution in [0.15, 0.2) is 12.7 Å². The topological polar surface area (TPSA) is 57.6 Å². The SMILES string of the molecule is C=CC[C@@H](C(=O)O)N1CC(CBr)CC1=O. The van der Waals surface area contributed by atoms with Crippen LogP contribution in [0.5, 0.6) is 0 Å². The van der Waals surface area contributed by atoms with Crippen LogP contribution in [-0.4, -0.2) is 39.8 Å². The van der Waals surface area contributed by atoms with Gasteiger partial charge >= 0.3 is 5.97 Å². The maximum absolute atomic E-state index is 11.6. The van der Waals surface area contributed by atoms with Gasteiger partial charge in [0.25, 0.3) is 0 Å². The number of nitrogens with zero attached hydrogens (tertiary/aromatic N) is 1. The maximum atomic E-state index is 11.6. The minimum Gasteiger partial charge on any atom is -0.480 e. The monoisotopic (exact) mass is 275 g/mol. The van der Waals surface area contributed by atoms with Crippen LogP contribution >= 0.6 is 15.9 Å². The molecule has 84 valence electrons. The predicted octanol–water partition coefficient (Wildman–Crippen LogP) is 1.26. The first-order valence-corrected chi connectivity index (χ1v) is 5.91. The van der Waals surface area contributed by atoms with Gasteiger partial charge in [0.05, 0.1) is 0 Å². The molecule has 1 unspecified atom stereocenters. The molecule has 0 bridgehead atoms. The van der Waals surface area contributed by atoms with Crippen LogP contribution in [0.2, 0.25) is 0 Å². The Morgan fingerprint density at radius 1 is 1.80 bits per heavy atom.